The van der Waals surface area contributed by atoms with Crippen LogP contribution in [0.1, 0.15) is 117 Å². The molecule has 0 saturated carbocycles. The summed E-state index contributed by atoms with van der Waals surface area (Å²) >= 11 is 0. The number of nitrogens with two attached hydrogens (primary N) is 1. The molecule has 0 amide bonds. The van der Waals surface area contributed by atoms with Crippen molar-refractivity contribution in [2.75, 3.05) is 0 Å². The van der Waals surface area contributed by atoms with Gasteiger partial charge in [0.05, 0.1) is 0 Å². The van der Waals surface area contributed by atoms with E-state index in [2.05, 4.69) is 19.1 Å². The Bertz CT molecular complexity index is 304. The summed E-state index contributed by atoms with van der Waals surface area (Å²) in [6, 6.07) is 0. The number of aliphatic hydroxyl groups is 1. The molecule has 0 aromatic rings. The summed E-state index contributed by atoms with van der Waals surface area (Å²) in [7, 11) is 0. The van der Waals surface area contributed by atoms with E-state index < -0.39 is 12.2 Å². The number of aliphatic hydroxyl groups excluding tert-OH is 1. The van der Waals surface area contributed by atoms with Crippen LogP contribution in [-0.2, 0) is 4.79 Å². The molecule has 0 spiro atoms. The first kappa shape index (κ1) is 27.3. The fourth-order valence-electron chi connectivity index (χ4n) is 2.64. The summed E-state index contributed by atoms with van der Waals surface area (Å²) in [6.45, 7) is 4.24. The predicted octanol–water partition coefficient (Wildman–Crippen LogP) is 6.17. The summed E-state index contributed by atoms with van der Waals surface area (Å²) in [6.07, 6.45) is 22.3. The summed E-state index contributed by atoms with van der Waals surface area (Å²) in [5, 5.41) is 16.8. The molecular formula is C22H45NO3. The lowest BCUT2D eigenvalue weighted by molar-refractivity contribution is -0.137. The summed E-state index contributed by atoms with van der Waals surface area (Å²) < 4.78 is 0. The molecule has 1 atom stereocenters. The van der Waals surface area contributed by atoms with Crippen LogP contribution in [0.5, 0.6) is 0 Å². The van der Waals surface area contributed by atoms with E-state index in [9.17, 15) is 4.79 Å². The van der Waals surface area contributed by atoms with Gasteiger partial charge in [-0.05, 0) is 38.5 Å². The second-order valence-corrected chi connectivity index (χ2v) is 7.08. The Labute approximate surface area is 162 Å². The average molecular weight is 372 g/mol. The molecule has 0 aromatic carbocycles. The van der Waals surface area contributed by atoms with Crippen molar-refractivity contribution in [1.29, 1.82) is 0 Å². The van der Waals surface area contributed by atoms with Crippen LogP contribution in [0.3, 0.4) is 0 Å². The zero-order valence-corrected chi connectivity index (χ0v) is 17.4. The van der Waals surface area contributed by atoms with Gasteiger partial charge in [-0.3, -0.25) is 4.79 Å². The minimum Gasteiger partial charge on any atom is -0.481 e. The largest absolute Gasteiger partial charge is 0.481 e. The molecule has 26 heavy (non-hydrogen) atoms. The first-order chi connectivity index (χ1) is 12.5. The van der Waals surface area contributed by atoms with Crippen LogP contribution in [0.25, 0.3) is 0 Å². The summed E-state index contributed by atoms with van der Waals surface area (Å²) in [5.74, 6) is -0.664. The second kappa shape index (κ2) is 24.1. The summed E-state index contributed by atoms with van der Waals surface area (Å²) in [4.78, 5) is 10.3. The topological polar surface area (TPSA) is 83.5 Å². The van der Waals surface area contributed by atoms with E-state index in [0.29, 0.717) is 12.8 Å². The van der Waals surface area contributed by atoms with Crippen LogP contribution in [0, 0.1) is 0 Å². The molecule has 0 aliphatic heterocycles. The van der Waals surface area contributed by atoms with Gasteiger partial charge in [0.2, 0.25) is 0 Å². The van der Waals surface area contributed by atoms with Crippen molar-refractivity contribution in [3.8, 4) is 0 Å². The highest BCUT2D eigenvalue weighted by Gasteiger charge is 1.95. The van der Waals surface area contributed by atoms with Gasteiger partial charge in [0.1, 0.15) is 6.23 Å². The highest BCUT2D eigenvalue weighted by atomic mass is 16.4. The minimum atomic E-state index is -0.664. The lowest BCUT2D eigenvalue weighted by Crippen LogP contribution is -2.17. The zero-order valence-electron chi connectivity index (χ0n) is 17.4. The second-order valence-electron chi connectivity index (χ2n) is 7.08. The molecule has 0 heterocycles. The van der Waals surface area contributed by atoms with Crippen molar-refractivity contribution in [2.24, 2.45) is 5.73 Å². The fourth-order valence-corrected chi connectivity index (χ4v) is 2.64. The van der Waals surface area contributed by atoms with E-state index in [1.165, 1.54) is 70.6 Å². The quantitative estimate of drug-likeness (QED) is 0.162. The van der Waals surface area contributed by atoms with E-state index in [1.807, 2.05) is 6.92 Å². The van der Waals surface area contributed by atoms with Gasteiger partial charge < -0.3 is 15.9 Å². The zero-order chi connectivity index (χ0) is 19.9. The number of carboxylic acids is 1. The van der Waals surface area contributed by atoms with Crippen LogP contribution < -0.4 is 5.73 Å². The number of allylic oxidation sites excluding steroid dienone is 2. The maximum Gasteiger partial charge on any atom is 0.303 e. The van der Waals surface area contributed by atoms with Gasteiger partial charge in [0, 0.05) is 6.42 Å². The normalized spacial score (nSPS) is 12.0. The number of hydrogen-bond acceptors (Lipinski definition) is 3. The third-order valence-corrected chi connectivity index (χ3v) is 4.24. The van der Waals surface area contributed by atoms with Crippen molar-refractivity contribution in [3.63, 3.8) is 0 Å². The van der Waals surface area contributed by atoms with Crippen LogP contribution in [-0.4, -0.2) is 22.4 Å². The molecule has 0 fully saturated rings. The van der Waals surface area contributed by atoms with E-state index in [1.54, 1.807) is 0 Å². The van der Waals surface area contributed by atoms with Crippen LogP contribution in [0.15, 0.2) is 12.2 Å². The summed E-state index contributed by atoms with van der Waals surface area (Å²) in [5.41, 5.74) is 4.96. The average Bonchev–Trinajstić information content (AvgIpc) is 2.58. The van der Waals surface area contributed by atoms with Crippen molar-refractivity contribution >= 4 is 5.97 Å². The van der Waals surface area contributed by atoms with Gasteiger partial charge in [0.25, 0.3) is 0 Å². The van der Waals surface area contributed by atoms with E-state index in [0.717, 1.165) is 19.3 Å². The maximum absolute atomic E-state index is 10.3. The molecule has 0 rings (SSSR count). The Balaban J connectivity index is 0. The molecule has 1 unspecified atom stereocenters. The molecule has 0 aliphatic rings. The lowest BCUT2D eigenvalue weighted by Gasteiger charge is -1.99. The van der Waals surface area contributed by atoms with Crippen molar-refractivity contribution in [1.82, 2.24) is 0 Å². The molecule has 4 nitrogen and oxygen atoms in total. The molecule has 0 radical (unpaired) electrons. The first-order valence-corrected chi connectivity index (χ1v) is 10.8. The molecule has 4 N–H and O–H groups in total. The smallest absolute Gasteiger partial charge is 0.303 e. The Morgan fingerprint density at radius 3 is 1.65 bits per heavy atom. The van der Waals surface area contributed by atoms with Gasteiger partial charge in [-0.2, -0.15) is 0 Å². The maximum atomic E-state index is 10.3. The molecular weight excluding hydrogens is 326 g/mol. The Morgan fingerprint density at radius 1 is 0.808 bits per heavy atom. The molecule has 0 bridgehead atoms. The van der Waals surface area contributed by atoms with Crippen molar-refractivity contribution in [2.45, 2.75) is 123 Å². The van der Waals surface area contributed by atoms with Crippen LogP contribution >= 0.6 is 0 Å². The van der Waals surface area contributed by atoms with Crippen LogP contribution in [0.4, 0.5) is 0 Å². The van der Waals surface area contributed by atoms with Gasteiger partial charge in [-0.25, -0.2) is 0 Å². The Kier molecular flexibility index (Phi) is 25.4. The monoisotopic (exact) mass is 371 g/mol. The molecule has 0 saturated heterocycles. The Morgan fingerprint density at radius 2 is 1.27 bits per heavy atom. The minimum absolute atomic E-state index is 0.332. The molecule has 0 aliphatic carbocycles. The molecule has 156 valence electrons. The number of unbranched alkanes of at least 4 members (excludes halogenated alkanes) is 11. The SMILES string of the molecule is CCCC(N)O.CCCCCCCCC=CCCCCCCCC(=O)O. The number of aliphatic carboxylic acids is 1. The van der Waals surface area contributed by atoms with Gasteiger partial charge in [-0.1, -0.05) is 83.8 Å². The van der Waals surface area contributed by atoms with Crippen molar-refractivity contribution in [3.05, 3.63) is 12.2 Å². The third kappa shape index (κ3) is 31.0. The van der Waals surface area contributed by atoms with E-state index >= 15 is 0 Å². The van der Waals surface area contributed by atoms with Gasteiger partial charge in [0.15, 0.2) is 0 Å². The molecule has 4 heteroatoms. The highest BCUT2D eigenvalue weighted by Crippen LogP contribution is 2.09. The van der Waals surface area contributed by atoms with E-state index in [-0.39, 0.29) is 0 Å². The third-order valence-electron chi connectivity index (χ3n) is 4.24. The first-order valence-electron chi connectivity index (χ1n) is 10.8. The van der Waals surface area contributed by atoms with E-state index in [4.69, 9.17) is 15.9 Å². The van der Waals surface area contributed by atoms with Crippen molar-refractivity contribution < 1.29 is 15.0 Å². The number of hydrogen-bond donors (Lipinski definition) is 3. The van der Waals surface area contributed by atoms with Crippen LogP contribution in [0.2, 0.25) is 0 Å². The number of rotatable bonds is 17. The van der Waals surface area contributed by atoms with Gasteiger partial charge >= 0.3 is 5.97 Å². The molecule has 0 aromatic heterocycles. The number of carbonyl (C=O) groups is 1. The lowest BCUT2D eigenvalue weighted by atomic mass is 10.1. The predicted molar refractivity (Wildman–Crippen MR) is 112 cm³/mol. The highest BCUT2D eigenvalue weighted by molar-refractivity contribution is 5.66. The van der Waals surface area contributed by atoms with Gasteiger partial charge in [-0.15, -0.1) is 0 Å². The number of carboxylic acid groups (broad SMARTS) is 1. The Hall–Kier alpha value is -0.870. The standard InChI is InChI=1S/C18H34O2.C4H11NO/c1-2-3-4-5-6-7-8-9-10-11-12-13-14-15-16-17-18(19)20;1-2-3-4(5)6/h9-10H,2-8,11-17H2,1H3,(H,19,20);4,6H,2-3,5H2,1H3. The fraction of sp³-hybridized carbons (Fsp3) is 0.864.